The zero-order chi connectivity index (χ0) is 11.2. The predicted molar refractivity (Wildman–Crippen MR) is 64.1 cm³/mol. The second-order valence-electron chi connectivity index (χ2n) is 4.05. The van der Waals surface area contributed by atoms with Crippen LogP contribution in [0.15, 0.2) is 24.3 Å². The second kappa shape index (κ2) is 5.75. The number of hydrogen-bond acceptors (Lipinski definition) is 3. The van der Waals surface area contributed by atoms with E-state index < -0.39 is 0 Å². The average Bonchev–Trinajstić information content (AvgIpc) is 2.81. The molecule has 1 saturated heterocycles. The van der Waals surface area contributed by atoms with Crippen LogP contribution in [-0.2, 0) is 0 Å². The van der Waals surface area contributed by atoms with Gasteiger partial charge in [0.25, 0.3) is 0 Å². The fourth-order valence-corrected chi connectivity index (χ4v) is 1.91. The van der Waals surface area contributed by atoms with E-state index in [0.29, 0.717) is 12.5 Å². The minimum atomic E-state index is 0.634. The number of ether oxygens (including phenoxy) is 2. The lowest BCUT2D eigenvalue weighted by atomic mass is 10.1. The van der Waals surface area contributed by atoms with Crippen molar-refractivity contribution in [2.24, 2.45) is 5.92 Å². The molecule has 1 aromatic carbocycles. The third kappa shape index (κ3) is 2.89. The zero-order valence-corrected chi connectivity index (χ0v) is 9.74. The molecule has 1 N–H and O–H groups in total. The van der Waals surface area contributed by atoms with Gasteiger partial charge in [-0.3, -0.25) is 0 Å². The first kappa shape index (κ1) is 11.3. The molecule has 2 rings (SSSR count). The van der Waals surface area contributed by atoms with Gasteiger partial charge < -0.3 is 14.8 Å². The third-order valence-corrected chi connectivity index (χ3v) is 2.79. The number of para-hydroxylation sites is 2. The van der Waals surface area contributed by atoms with Gasteiger partial charge in [0.05, 0.1) is 13.2 Å². The molecule has 0 aromatic heterocycles. The summed E-state index contributed by atoms with van der Waals surface area (Å²) in [6.07, 6.45) is 1.21. The summed E-state index contributed by atoms with van der Waals surface area (Å²) in [6.45, 7) is 5.61. The van der Waals surface area contributed by atoms with Crippen LogP contribution in [0.1, 0.15) is 13.3 Å². The van der Waals surface area contributed by atoms with Gasteiger partial charge in [-0.1, -0.05) is 12.1 Å². The first-order valence-electron chi connectivity index (χ1n) is 5.95. The summed E-state index contributed by atoms with van der Waals surface area (Å²) in [6, 6.07) is 7.86. The molecule has 3 heteroatoms. The highest BCUT2D eigenvalue weighted by Gasteiger charge is 2.15. The second-order valence-corrected chi connectivity index (χ2v) is 4.05. The maximum absolute atomic E-state index is 5.81. The van der Waals surface area contributed by atoms with Crippen molar-refractivity contribution in [3.8, 4) is 11.5 Å². The van der Waals surface area contributed by atoms with Crippen LogP contribution in [0.25, 0.3) is 0 Å². The van der Waals surface area contributed by atoms with Crippen LogP contribution < -0.4 is 14.8 Å². The van der Waals surface area contributed by atoms with Crippen molar-refractivity contribution in [3.05, 3.63) is 24.3 Å². The molecule has 0 aliphatic carbocycles. The Morgan fingerprint density at radius 1 is 1.25 bits per heavy atom. The summed E-state index contributed by atoms with van der Waals surface area (Å²) >= 11 is 0. The minimum Gasteiger partial charge on any atom is -0.490 e. The third-order valence-electron chi connectivity index (χ3n) is 2.79. The Morgan fingerprint density at radius 2 is 2.00 bits per heavy atom. The number of nitrogens with one attached hydrogen (secondary N) is 1. The Hall–Kier alpha value is -1.22. The van der Waals surface area contributed by atoms with Gasteiger partial charge in [0.1, 0.15) is 0 Å². The molecule has 1 aliphatic rings. The maximum atomic E-state index is 5.81. The van der Waals surface area contributed by atoms with Crippen LogP contribution in [0.2, 0.25) is 0 Å². The molecule has 0 bridgehead atoms. The first-order valence-corrected chi connectivity index (χ1v) is 5.95. The minimum absolute atomic E-state index is 0.634. The molecule has 3 nitrogen and oxygen atoms in total. The normalized spacial score (nSPS) is 19.7. The highest BCUT2D eigenvalue weighted by Crippen LogP contribution is 2.27. The summed E-state index contributed by atoms with van der Waals surface area (Å²) in [4.78, 5) is 0. The van der Waals surface area contributed by atoms with Crippen molar-refractivity contribution in [2.45, 2.75) is 13.3 Å². The van der Waals surface area contributed by atoms with Crippen LogP contribution in [-0.4, -0.2) is 26.3 Å². The number of benzene rings is 1. The number of hydrogen-bond donors (Lipinski definition) is 1. The van der Waals surface area contributed by atoms with E-state index in [1.807, 2.05) is 31.2 Å². The summed E-state index contributed by atoms with van der Waals surface area (Å²) in [5.41, 5.74) is 0. The lowest BCUT2D eigenvalue weighted by Gasteiger charge is -2.14. The van der Waals surface area contributed by atoms with Gasteiger partial charge in [-0.2, -0.15) is 0 Å². The van der Waals surface area contributed by atoms with Gasteiger partial charge in [-0.05, 0) is 32.0 Å². The molecule has 1 atom stereocenters. The largest absolute Gasteiger partial charge is 0.490 e. The Balaban J connectivity index is 1.91. The highest BCUT2D eigenvalue weighted by molar-refractivity contribution is 5.39. The number of rotatable bonds is 5. The van der Waals surface area contributed by atoms with Gasteiger partial charge in [-0.25, -0.2) is 0 Å². The van der Waals surface area contributed by atoms with Crippen molar-refractivity contribution in [2.75, 3.05) is 26.3 Å². The van der Waals surface area contributed by atoms with Gasteiger partial charge in [0, 0.05) is 12.5 Å². The fraction of sp³-hybridized carbons (Fsp3) is 0.538. The van der Waals surface area contributed by atoms with E-state index >= 15 is 0 Å². The van der Waals surface area contributed by atoms with Crippen molar-refractivity contribution < 1.29 is 9.47 Å². The zero-order valence-electron chi connectivity index (χ0n) is 9.74. The monoisotopic (exact) mass is 221 g/mol. The van der Waals surface area contributed by atoms with E-state index in [1.54, 1.807) is 0 Å². The molecule has 0 unspecified atom stereocenters. The van der Waals surface area contributed by atoms with E-state index in [1.165, 1.54) is 6.42 Å². The molecule has 0 spiro atoms. The standard InChI is InChI=1S/C13H19NO2/c1-2-15-12-5-3-4-6-13(12)16-10-11-7-8-14-9-11/h3-6,11,14H,2,7-10H2,1H3/t11-/m0/s1. The van der Waals surface area contributed by atoms with Crippen LogP contribution in [0, 0.1) is 5.92 Å². The average molecular weight is 221 g/mol. The topological polar surface area (TPSA) is 30.5 Å². The van der Waals surface area contributed by atoms with E-state index in [2.05, 4.69) is 5.32 Å². The van der Waals surface area contributed by atoms with Crippen LogP contribution in [0.5, 0.6) is 11.5 Å². The molecule has 0 amide bonds. The summed E-state index contributed by atoms with van der Waals surface area (Å²) in [7, 11) is 0. The lowest BCUT2D eigenvalue weighted by molar-refractivity contribution is 0.240. The molecule has 88 valence electrons. The first-order chi connectivity index (χ1) is 7.90. The van der Waals surface area contributed by atoms with E-state index in [4.69, 9.17) is 9.47 Å². The van der Waals surface area contributed by atoms with Crippen LogP contribution >= 0.6 is 0 Å². The molecule has 1 aromatic rings. The SMILES string of the molecule is CCOc1ccccc1OC[C@H]1CCNC1. The Morgan fingerprint density at radius 3 is 2.62 bits per heavy atom. The van der Waals surface area contributed by atoms with Crippen molar-refractivity contribution in [1.82, 2.24) is 5.32 Å². The van der Waals surface area contributed by atoms with E-state index in [9.17, 15) is 0 Å². The maximum Gasteiger partial charge on any atom is 0.161 e. The Kier molecular flexibility index (Phi) is 4.05. The molecular formula is C13H19NO2. The molecule has 1 heterocycles. The van der Waals surface area contributed by atoms with E-state index in [-0.39, 0.29) is 0 Å². The molecule has 16 heavy (non-hydrogen) atoms. The van der Waals surface area contributed by atoms with Gasteiger partial charge in [-0.15, -0.1) is 0 Å². The Bertz CT molecular complexity index is 321. The van der Waals surface area contributed by atoms with Crippen LogP contribution in [0.4, 0.5) is 0 Å². The van der Waals surface area contributed by atoms with Crippen molar-refractivity contribution >= 4 is 0 Å². The molecule has 0 saturated carbocycles. The van der Waals surface area contributed by atoms with Crippen molar-refractivity contribution in [1.29, 1.82) is 0 Å². The van der Waals surface area contributed by atoms with Gasteiger partial charge in [0.15, 0.2) is 11.5 Å². The van der Waals surface area contributed by atoms with Gasteiger partial charge in [0.2, 0.25) is 0 Å². The van der Waals surface area contributed by atoms with Crippen LogP contribution in [0.3, 0.4) is 0 Å². The smallest absolute Gasteiger partial charge is 0.161 e. The lowest BCUT2D eigenvalue weighted by Crippen LogP contribution is -2.15. The quantitative estimate of drug-likeness (QED) is 0.825. The van der Waals surface area contributed by atoms with Gasteiger partial charge >= 0.3 is 0 Å². The van der Waals surface area contributed by atoms with E-state index in [0.717, 1.165) is 31.2 Å². The molecule has 1 fully saturated rings. The fourth-order valence-electron chi connectivity index (χ4n) is 1.91. The molecule has 0 radical (unpaired) electrons. The summed E-state index contributed by atoms with van der Waals surface area (Å²) in [5, 5.41) is 3.34. The predicted octanol–water partition coefficient (Wildman–Crippen LogP) is 2.07. The Labute approximate surface area is 96.8 Å². The molecule has 1 aliphatic heterocycles. The summed E-state index contributed by atoms with van der Waals surface area (Å²) in [5.74, 6) is 2.34. The highest BCUT2D eigenvalue weighted by atomic mass is 16.5. The summed E-state index contributed by atoms with van der Waals surface area (Å²) < 4.78 is 11.3. The van der Waals surface area contributed by atoms with Crippen molar-refractivity contribution in [3.63, 3.8) is 0 Å². The molecular weight excluding hydrogens is 202 g/mol.